The predicted molar refractivity (Wildman–Crippen MR) is 144 cm³/mol. The van der Waals surface area contributed by atoms with Crippen LogP contribution in [0.2, 0.25) is 0 Å². The number of alkyl halides is 1. The summed E-state index contributed by atoms with van der Waals surface area (Å²) in [5.74, 6) is 1.80. The molecule has 0 spiro atoms. The van der Waals surface area contributed by atoms with Crippen LogP contribution < -0.4 is 9.64 Å². The number of ether oxygens (including phenoxy) is 2. The van der Waals surface area contributed by atoms with Gasteiger partial charge in [-0.25, -0.2) is 9.97 Å². The lowest BCUT2D eigenvalue weighted by Crippen LogP contribution is -2.36. The molecule has 0 saturated carbocycles. The molecule has 1 saturated heterocycles. The van der Waals surface area contributed by atoms with Crippen LogP contribution in [-0.2, 0) is 23.5 Å². The van der Waals surface area contributed by atoms with Crippen LogP contribution in [0.1, 0.15) is 27.4 Å². The van der Waals surface area contributed by atoms with Crippen LogP contribution in [0.3, 0.4) is 0 Å². The average molecular weight is 539 g/mol. The standard InChI is InChI=1S/C26H27ClN6O3S/c1-35-21-3-2-20(32-10-12-36-13-11-32)23-22(21)31-25(37-23)24-29-18-5-8-33(9-6-19(18)30-24)26(34)16-4-7-28-17(14-16)15-27/h2-4,7,14H,5-6,8-13,15H2,1H3,(H,29,30). The van der Waals surface area contributed by atoms with Gasteiger partial charge in [0, 0.05) is 56.5 Å². The first-order valence-corrected chi connectivity index (χ1v) is 13.7. The molecule has 0 aliphatic carbocycles. The van der Waals surface area contributed by atoms with Gasteiger partial charge in [-0.3, -0.25) is 9.78 Å². The zero-order valence-electron chi connectivity index (χ0n) is 20.5. The summed E-state index contributed by atoms with van der Waals surface area (Å²) in [5, 5.41) is 0.834. The molecule has 2 aliphatic heterocycles. The lowest BCUT2D eigenvalue weighted by atomic mass is 10.2. The van der Waals surface area contributed by atoms with Gasteiger partial charge in [-0.2, -0.15) is 0 Å². The molecule has 1 N–H and O–H groups in total. The second kappa shape index (κ2) is 10.3. The fourth-order valence-electron chi connectivity index (χ4n) is 4.92. The minimum atomic E-state index is -0.00643. The van der Waals surface area contributed by atoms with Gasteiger partial charge in [-0.1, -0.05) is 0 Å². The lowest BCUT2D eigenvalue weighted by molar-refractivity contribution is 0.0762. The maximum Gasteiger partial charge on any atom is 0.253 e. The molecule has 3 aromatic heterocycles. The van der Waals surface area contributed by atoms with E-state index in [0.717, 1.165) is 70.2 Å². The Morgan fingerprint density at radius 2 is 2.00 bits per heavy atom. The molecule has 4 aromatic rings. The van der Waals surface area contributed by atoms with Crippen molar-refractivity contribution in [2.45, 2.75) is 18.7 Å². The number of morpholine rings is 1. The topological polar surface area (TPSA) is 96.5 Å². The summed E-state index contributed by atoms with van der Waals surface area (Å²) in [6, 6.07) is 7.60. The molecular weight excluding hydrogens is 512 g/mol. The third-order valence-electron chi connectivity index (χ3n) is 6.86. The highest BCUT2D eigenvalue weighted by molar-refractivity contribution is 7.22. The van der Waals surface area contributed by atoms with Crippen LogP contribution in [0.5, 0.6) is 5.75 Å². The number of pyridine rings is 1. The number of rotatable bonds is 5. The molecule has 0 radical (unpaired) electrons. The van der Waals surface area contributed by atoms with Crippen LogP contribution in [0, 0.1) is 0 Å². The van der Waals surface area contributed by atoms with E-state index in [1.807, 2.05) is 11.0 Å². The molecule has 0 atom stereocenters. The summed E-state index contributed by atoms with van der Waals surface area (Å²) in [4.78, 5) is 34.9. The number of aromatic nitrogens is 4. The largest absolute Gasteiger partial charge is 0.494 e. The Bertz CT molecular complexity index is 1420. The number of thiazole rings is 1. The Morgan fingerprint density at radius 1 is 1.16 bits per heavy atom. The highest BCUT2D eigenvalue weighted by atomic mass is 35.5. The molecule has 1 amide bonds. The number of carbonyl (C=O) groups excluding carboxylic acids is 1. The molecule has 1 aromatic carbocycles. The number of halogens is 1. The van der Waals surface area contributed by atoms with Crippen molar-refractivity contribution in [3.63, 3.8) is 0 Å². The number of methoxy groups -OCH3 is 1. The average Bonchev–Trinajstić information content (AvgIpc) is 3.52. The number of fused-ring (bicyclic) bond motifs is 2. The molecule has 11 heteroatoms. The second-order valence-electron chi connectivity index (χ2n) is 9.06. The lowest BCUT2D eigenvalue weighted by Gasteiger charge is -2.29. The summed E-state index contributed by atoms with van der Waals surface area (Å²) in [7, 11) is 1.67. The number of aromatic amines is 1. The molecular formula is C26H27ClN6O3S. The summed E-state index contributed by atoms with van der Waals surface area (Å²) < 4.78 is 12.3. The Kier molecular flexibility index (Phi) is 6.71. The summed E-state index contributed by atoms with van der Waals surface area (Å²) in [6.45, 7) is 4.36. The molecule has 5 heterocycles. The molecule has 6 rings (SSSR count). The first-order chi connectivity index (χ1) is 18.1. The number of hydrogen-bond acceptors (Lipinski definition) is 8. The first kappa shape index (κ1) is 24.1. The van der Waals surface area contributed by atoms with Crippen LogP contribution in [-0.4, -0.2) is 77.2 Å². The van der Waals surface area contributed by atoms with Gasteiger partial charge < -0.3 is 24.3 Å². The van der Waals surface area contributed by atoms with E-state index < -0.39 is 0 Å². The number of benzene rings is 1. The highest BCUT2D eigenvalue weighted by Crippen LogP contribution is 2.40. The van der Waals surface area contributed by atoms with Gasteiger partial charge in [0.2, 0.25) is 0 Å². The molecule has 37 heavy (non-hydrogen) atoms. The van der Waals surface area contributed by atoms with Crippen molar-refractivity contribution in [2.75, 3.05) is 51.4 Å². The Balaban J connectivity index is 1.25. The number of anilines is 1. The Morgan fingerprint density at radius 3 is 2.81 bits per heavy atom. The van der Waals surface area contributed by atoms with E-state index in [1.165, 1.54) is 0 Å². The third kappa shape index (κ3) is 4.65. The van der Waals surface area contributed by atoms with Gasteiger partial charge in [0.1, 0.15) is 11.3 Å². The van der Waals surface area contributed by atoms with Gasteiger partial charge in [0.25, 0.3) is 5.91 Å². The van der Waals surface area contributed by atoms with Crippen molar-refractivity contribution in [2.24, 2.45) is 0 Å². The predicted octanol–water partition coefficient (Wildman–Crippen LogP) is 3.91. The minimum Gasteiger partial charge on any atom is -0.494 e. The number of imidazole rings is 1. The van der Waals surface area contributed by atoms with Crippen molar-refractivity contribution in [1.29, 1.82) is 0 Å². The van der Waals surface area contributed by atoms with E-state index in [4.69, 9.17) is 31.0 Å². The van der Waals surface area contributed by atoms with Gasteiger partial charge in [-0.15, -0.1) is 22.9 Å². The monoisotopic (exact) mass is 538 g/mol. The van der Waals surface area contributed by atoms with E-state index >= 15 is 0 Å². The Labute approximate surface area is 223 Å². The van der Waals surface area contributed by atoms with Crippen LogP contribution in [0.15, 0.2) is 30.5 Å². The number of hydrogen-bond donors (Lipinski definition) is 1. The quantitative estimate of drug-likeness (QED) is 0.385. The number of nitrogens with one attached hydrogen (secondary N) is 1. The number of nitrogens with zero attached hydrogens (tertiary/aromatic N) is 5. The van der Waals surface area contributed by atoms with Crippen molar-refractivity contribution in [3.05, 3.63) is 53.1 Å². The fourth-order valence-corrected chi connectivity index (χ4v) is 6.13. The van der Waals surface area contributed by atoms with E-state index in [9.17, 15) is 4.79 Å². The second-order valence-corrected chi connectivity index (χ2v) is 10.3. The SMILES string of the molecule is COc1ccc(N2CCOCC2)c2sc(-c3nc4c([nH]3)CCN(C(=O)c3ccnc(CCl)c3)CC4)nc12. The minimum absolute atomic E-state index is 0.00643. The zero-order chi connectivity index (χ0) is 25.4. The van der Waals surface area contributed by atoms with Gasteiger partial charge in [-0.05, 0) is 24.3 Å². The van der Waals surface area contributed by atoms with Crippen molar-refractivity contribution < 1.29 is 14.3 Å². The van der Waals surface area contributed by atoms with E-state index in [2.05, 4.69) is 20.9 Å². The maximum atomic E-state index is 13.1. The zero-order valence-corrected chi connectivity index (χ0v) is 22.1. The smallest absolute Gasteiger partial charge is 0.253 e. The van der Waals surface area contributed by atoms with Crippen molar-refractivity contribution in [3.8, 4) is 16.6 Å². The van der Waals surface area contributed by atoms with Crippen LogP contribution >= 0.6 is 22.9 Å². The molecule has 2 aliphatic rings. The summed E-state index contributed by atoms with van der Waals surface area (Å²) in [5.41, 5.74) is 5.36. The number of amides is 1. The normalized spacial score (nSPS) is 16.1. The van der Waals surface area contributed by atoms with E-state index in [0.29, 0.717) is 37.2 Å². The van der Waals surface area contributed by atoms with Gasteiger partial charge in [0.05, 0.1) is 48.0 Å². The van der Waals surface area contributed by atoms with Crippen molar-refractivity contribution in [1.82, 2.24) is 24.8 Å². The van der Waals surface area contributed by atoms with E-state index in [1.54, 1.807) is 36.8 Å². The molecule has 0 bridgehead atoms. The van der Waals surface area contributed by atoms with Crippen LogP contribution in [0.25, 0.3) is 21.0 Å². The van der Waals surface area contributed by atoms with Gasteiger partial charge >= 0.3 is 0 Å². The molecule has 192 valence electrons. The number of carbonyl (C=O) groups is 1. The summed E-state index contributed by atoms with van der Waals surface area (Å²) >= 11 is 7.53. The van der Waals surface area contributed by atoms with E-state index in [-0.39, 0.29) is 11.8 Å². The first-order valence-electron chi connectivity index (χ1n) is 12.3. The summed E-state index contributed by atoms with van der Waals surface area (Å²) in [6.07, 6.45) is 3.02. The molecule has 0 unspecified atom stereocenters. The molecule has 1 fully saturated rings. The Hall–Kier alpha value is -3.21. The van der Waals surface area contributed by atoms with Gasteiger partial charge in [0.15, 0.2) is 10.8 Å². The van der Waals surface area contributed by atoms with Crippen molar-refractivity contribution >= 4 is 44.7 Å². The number of H-pyrrole nitrogens is 1. The molecule has 9 nitrogen and oxygen atoms in total. The highest BCUT2D eigenvalue weighted by Gasteiger charge is 2.25. The van der Waals surface area contributed by atoms with Crippen LogP contribution in [0.4, 0.5) is 5.69 Å². The maximum absolute atomic E-state index is 13.1. The fraction of sp³-hybridized carbons (Fsp3) is 0.385. The third-order valence-corrected chi connectivity index (χ3v) is 8.22.